The summed E-state index contributed by atoms with van der Waals surface area (Å²) in [5, 5.41) is 2.74. The highest BCUT2D eigenvalue weighted by Crippen LogP contribution is 2.18. The molecule has 2 aromatic carbocycles. The fourth-order valence-electron chi connectivity index (χ4n) is 2.09. The summed E-state index contributed by atoms with van der Waals surface area (Å²) < 4.78 is 6.01. The number of carbonyl (C=O) groups excluding carboxylic acids is 2. The zero-order valence-electron chi connectivity index (χ0n) is 14.0. The van der Waals surface area contributed by atoms with Crippen molar-refractivity contribution < 1.29 is 14.3 Å². The van der Waals surface area contributed by atoms with Gasteiger partial charge in [-0.2, -0.15) is 0 Å². The van der Waals surface area contributed by atoms with Crippen LogP contribution in [0.2, 0.25) is 0 Å². The Labute approximate surface area is 155 Å². The summed E-state index contributed by atoms with van der Waals surface area (Å²) in [6.07, 6.45) is 3.15. The lowest BCUT2D eigenvalue weighted by Gasteiger charge is -2.15. The zero-order valence-corrected chi connectivity index (χ0v) is 15.6. The van der Waals surface area contributed by atoms with Gasteiger partial charge in [-0.15, -0.1) is 0 Å². The molecule has 0 spiro atoms. The highest BCUT2D eigenvalue weighted by molar-refractivity contribution is 9.10. The molecular weight excluding hydrogens is 384 g/mol. The fourth-order valence-corrected chi connectivity index (χ4v) is 2.51. The van der Waals surface area contributed by atoms with Gasteiger partial charge in [-0.25, -0.2) is 0 Å². The fraction of sp³-hybridized carbons (Fsp3) is 0.158. The van der Waals surface area contributed by atoms with Gasteiger partial charge in [0.2, 0.25) is 11.8 Å². The number of carbonyl (C=O) groups is 2. The number of benzene rings is 2. The van der Waals surface area contributed by atoms with E-state index in [2.05, 4.69) is 21.2 Å². The molecule has 0 radical (unpaired) electrons. The topological polar surface area (TPSA) is 58.6 Å². The van der Waals surface area contributed by atoms with Gasteiger partial charge in [0.05, 0.1) is 13.7 Å². The highest BCUT2D eigenvalue weighted by atomic mass is 79.9. The van der Waals surface area contributed by atoms with Crippen LogP contribution >= 0.6 is 15.9 Å². The number of rotatable bonds is 6. The molecule has 0 atom stereocenters. The van der Waals surface area contributed by atoms with Gasteiger partial charge in [0.25, 0.3) is 0 Å². The molecule has 0 aliphatic rings. The average molecular weight is 403 g/mol. The molecule has 0 aliphatic carbocycles. The summed E-state index contributed by atoms with van der Waals surface area (Å²) >= 11 is 3.42. The molecule has 0 fully saturated rings. The molecule has 0 saturated carbocycles. The first-order chi connectivity index (χ1) is 12.0. The lowest BCUT2D eigenvalue weighted by atomic mass is 10.2. The van der Waals surface area contributed by atoms with Crippen LogP contribution in [0.15, 0.2) is 59.1 Å². The van der Waals surface area contributed by atoms with Crippen LogP contribution in [0, 0.1) is 0 Å². The van der Waals surface area contributed by atoms with Gasteiger partial charge in [-0.05, 0) is 29.8 Å². The first-order valence-corrected chi connectivity index (χ1v) is 8.40. The molecule has 0 saturated heterocycles. The largest absolute Gasteiger partial charge is 0.497 e. The molecule has 5 nitrogen and oxygen atoms in total. The van der Waals surface area contributed by atoms with E-state index < -0.39 is 0 Å². The Morgan fingerprint density at radius 2 is 1.96 bits per heavy atom. The number of hydrogen-bond acceptors (Lipinski definition) is 3. The summed E-state index contributed by atoms with van der Waals surface area (Å²) in [7, 11) is 3.14. The van der Waals surface area contributed by atoms with E-state index in [1.165, 1.54) is 11.0 Å². The zero-order chi connectivity index (χ0) is 18.2. The van der Waals surface area contributed by atoms with Crippen molar-refractivity contribution in [2.45, 2.75) is 0 Å². The van der Waals surface area contributed by atoms with Crippen LogP contribution in [0.4, 0.5) is 5.69 Å². The van der Waals surface area contributed by atoms with Crippen molar-refractivity contribution in [3.05, 3.63) is 64.6 Å². The predicted molar refractivity (Wildman–Crippen MR) is 102 cm³/mol. The van der Waals surface area contributed by atoms with Gasteiger partial charge in [0.1, 0.15) is 5.75 Å². The molecule has 2 aromatic rings. The van der Waals surface area contributed by atoms with Crippen molar-refractivity contribution in [3.63, 3.8) is 0 Å². The lowest BCUT2D eigenvalue weighted by molar-refractivity contribution is -0.129. The van der Waals surface area contributed by atoms with E-state index >= 15 is 0 Å². The molecule has 0 heterocycles. The number of anilines is 1. The Morgan fingerprint density at radius 1 is 1.20 bits per heavy atom. The predicted octanol–water partition coefficient (Wildman–Crippen LogP) is 3.57. The van der Waals surface area contributed by atoms with Crippen LogP contribution in [0.1, 0.15) is 5.56 Å². The van der Waals surface area contributed by atoms with Crippen LogP contribution < -0.4 is 10.1 Å². The van der Waals surface area contributed by atoms with Crippen LogP contribution in [-0.4, -0.2) is 37.4 Å². The third-order valence-electron chi connectivity index (χ3n) is 3.42. The van der Waals surface area contributed by atoms with Crippen molar-refractivity contribution in [1.82, 2.24) is 4.90 Å². The molecular formula is C19H19BrN2O3. The van der Waals surface area contributed by atoms with Gasteiger partial charge in [0.15, 0.2) is 0 Å². The third kappa shape index (κ3) is 5.76. The summed E-state index contributed by atoms with van der Waals surface area (Å²) in [6, 6.07) is 14.6. The third-order valence-corrected chi connectivity index (χ3v) is 4.14. The molecule has 0 aliphatic heterocycles. The van der Waals surface area contributed by atoms with Crippen molar-refractivity contribution in [2.24, 2.45) is 0 Å². The lowest BCUT2D eigenvalue weighted by Crippen LogP contribution is -2.33. The maximum atomic E-state index is 12.1. The number of ether oxygens (including phenoxy) is 1. The monoisotopic (exact) mass is 402 g/mol. The second-order valence-electron chi connectivity index (χ2n) is 5.33. The maximum absolute atomic E-state index is 12.1. The van der Waals surface area contributed by atoms with Gasteiger partial charge in [-0.1, -0.05) is 40.2 Å². The number of methoxy groups -OCH3 is 1. The Morgan fingerprint density at radius 3 is 2.68 bits per heavy atom. The molecule has 2 rings (SSSR count). The normalized spacial score (nSPS) is 10.5. The maximum Gasteiger partial charge on any atom is 0.246 e. The molecule has 0 bridgehead atoms. The summed E-state index contributed by atoms with van der Waals surface area (Å²) in [6.45, 7) is -0.0453. The number of amides is 2. The molecule has 6 heteroatoms. The summed E-state index contributed by atoms with van der Waals surface area (Å²) in [5.41, 5.74) is 1.51. The minimum atomic E-state index is -0.279. The minimum Gasteiger partial charge on any atom is -0.497 e. The van der Waals surface area contributed by atoms with E-state index in [0.717, 1.165) is 10.0 Å². The first kappa shape index (κ1) is 18.7. The Balaban J connectivity index is 1.91. The minimum absolute atomic E-state index is 0.0453. The highest BCUT2D eigenvalue weighted by Gasteiger charge is 2.11. The van der Waals surface area contributed by atoms with E-state index in [1.54, 1.807) is 44.5 Å². The SMILES string of the molecule is COc1cccc(NC(=O)CN(C)C(=O)/C=C/c2ccccc2Br)c1. The number of nitrogens with zero attached hydrogens (tertiary/aromatic N) is 1. The molecule has 130 valence electrons. The quantitative estimate of drug-likeness (QED) is 0.751. The van der Waals surface area contributed by atoms with Crippen molar-refractivity contribution in [3.8, 4) is 5.75 Å². The molecule has 0 unspecified atom stereocenters. The molecule has 25 heavy (non-hydrogen) atoms. The Kier molecular flexibility index (Phi) is 6.77. The van der Waals surface area contributed by atoms with Crippen LogP contribution in [-0.2, 0) is 9.59 Å². The van der Waals surface area contributed by atoms with E-state index in [0.29, 0.717) is 11.4 Å². The number of hydrogen-bond donors (Lipinski definition) is 1. The number of nitrogens with one attached hydrogen (secondary N) is 1. The van der Waals surface area contributed by atoms with Gasteiger partial charge >= 0.3 is 0 Å². The smallest absolute Gasteiger partial charge is 0.246 e. The van der Waals surface area contributed by atoms with Crippen LogP contribution in [0.5, 0.6) is 5.75 Å². The second-order valence-corrected chi connectivity index (χ2v) is 6.18. The van der Waals surface area contributed by atoms with Crippen molar-refractivity contribution in [1.29, 1.82) is 0 Å². The van der Waals surface area contributed by atoms with E-state index in [1.807, 2.05) is 24.3 Å². The molecule has 2 amide bonds. The van der Waals surface area contributed by atoms with Gasteiger partial charge in [0, 0.05) is 29.4 Å². The van der Waals surface area contributed by atoms with Gasteiger partial charge in [-0.3, -0.25) is 9.59 Å². The average Bonchev–Trinajstić information content (AvgIpc) is 2.60. The number of halogens is 1. The van der Waals surface area contributed by atoms with Crippen molar-refractivity contribution in [2.75, 3.05) is 26.0 Å². The van der Waals surface area contributed by atoms with E-state index in [4.69, 9.17) is 4.74 Å². The standard InChI is InChI=1S/C19H19BrN2O3/c1-22(19(24)11-10-14-6-3-4-9-17(14)20)13-18(23)21-15-7-5-8-16(12-15)25-2/h3-12H,13H2,1-2H3,(H,21,23)/b11-10+. The van der Waals surface area contributed by atoms with E-state index in [-0.39, 0.29) is 18.4 Å². The molecule has 1 N–H and O–H groups in total. The van der Waals surface area contributed by atoms with Crippen LogP contribution in [0.25, 0.3) is 6.08 Å². The Hall–Kier alpha value is -2.60. The van der Waals surface area contributed by atoms with Gasteiger partial charge < -0.3 is 15.0 Å². The summed E-state index contributed by atoms with van der Waals surface area (Å²) in [5.74, 6) is 0.119. The van der Waals surface area contributed by atoms with E-state index in [9.17, 15) is 9.59 Å². The Bertz CT molecular complexity index is 790. The second kappa shape index (κ2) is 9.03. The first-order valence-electron chi connectivity index (χ1n) is 7.61. The summed E-state index contributed by atoms with van der Waals surface area (Å²) in [4.78, 5) is 25.6. The van der Waals surface area contributed by atoms with Crippen molar-refractivity contribution >= 4 is 39.5 Å². The number of likely N-dealkylation sites (N-methyl/N-ethyl adjacent to an activating group) is 1. The van der Waals surface area contributed by atoms with Crippen LogP contribution in [0.3, 0.4) is 0 Å². The molecule has 0 aromatic heterocycles.